The van der Waals surface area contributed by atoms with E-state index in [0.29, 0.717) is 0 Å². The van der Waals surface area contributed by atoms with Gasteiger partial charge in [0.05, 0.1) is 5.71 Å². The molecule has 1 aromatic heterocycles. The number of benzene rings is 2. The van der Waals surface area contributed by atoms with E-state index in [-0.39, 0.29) is 0 Å². The van der Waals surface area contributed by atoms with Crippen LogP contribution in [0.25, 0.3) is 27.8 Å². The highest BCUT2D eigenvalue weighted by molar-refractivity contribution is 7.16. The summed E-state index contributed by atoms with van der Waals surface area (Å²) in [4.78, 5) is 7.17. The van der Waals surface area contributed by atoms with Gasteiger partial charge in [-0.25, -0.2) is 0 Å². The van der Waals surface area contributed by atoms with Crippen molar-refractivity contribution in [2.24, 2.45) is 10.7 Å². The first-order valence-electron chi connectivity index (χ1n) is 8.75. The fraction of sp³-hybridized carbons (Fsp3) is 0.0870. The number of thiophene rings is 1. The van der Waals surface area contributed by atoms with Gasteiger partial charge in [0.1, 0.15) is 0 Å². The second-order valence-electron chi connectivity index (χ2n) is 6.10. The predicted octanol–water partition coefficient (Wildman–Crippen LogP) is 5.73. The van der Waals surface area contributed by atoms with Crippen molar-refractivity contribution in [3.8, 4) is 10.4 Å². The van der Waals surface area contributed by atoms with Gasteiger partial charge in [-0.05, 0) is 36.3 Å². The van der Waals surface area contributed by atoms with Gasteiger partial charge in [-0.1, -0.05) is 60.7 Å². The van der Waals surface area contributed by atoms with E-state index in [2.05, 4.69) is 54.4 Å². The van der Waals surface area contributed by atoms with E-state index in [1.807, 2.05) is 36.4 Å². The first-order valence-corrected chi connectivity index (χ1v) is 9.57. The molecule has 0 aliphatic heterocycles. The van der Waals surface area contributed by atoms with Crippen molar-refractivity contribution in [3.63, 3.8) is 0 Å². The lowest BCUT2D eigenvalue weighted by Gasteiger charge is -2.16. The van der Waals surface area contributed by atoms with Crippen LogP contribution in [0.2, 0.25) is 0 Å². The second-order valence-corrected chi connectivity index (χ2v) is 7.19. The lowest BCUT2D eigenvalue weighted by atomic mass is 9.91. The topological polar surface area (TPSA) is 38.4 Å². The van der Waals surface area contributed by atoms with Gasteiger partial charge in [0.15, 0.2) is 0 Å². The summed E-state index contributed by atoms with van der Waals surface area (Å²) < 4.78 is 0. The Bertz CT molecular complexity index is 1010. The Morgan fingerprint density at radius 3 is 2.35 bits per heavy atom. The number of nitrogens with two attached hydrogens (primary N) is 1. The number of rotatable bonds is 3. The Labute approximate surface area is 158 Å². The van der Waals surface area contributed by atoms with Gasteiger partial charge in [0.25, 0.3) is 0 Å². The molecule has 1 aliphatic rings. The van der Waals surface area contributed by atoms with Gasteiger partial charge in [-0.2, -0.15) is 0 Å². The Morgan fingerprint density at radius 2 is 1.65 bits per heavy atom. The lowest BCUT2D eigenvalue weighted by Crippen LogP contribution is -2.11. The van der Waals surface area contributed by atoms with Gasteiger partial charge in [-0.15, -0.1) is 11.3 Å². The van der Waals surface area contributed by atoms with E-state index in [0.717, 1.165) is 29.1 Å². The quantitative estimate of drug-likeness (QED) is 0.639. The molecular formula is C23H20N2S. The number of allylic oxidation sites excluding steroid dienone is 2. The number of nitrogens with zero attached hydrogens (tertiary/aromatic N) is 1. The van der Waals surface area contributed by atoms with Crippen LogP contribution in [-0.2, 0) is 0 Å². The molecule has 0 saturated carbocycles. The normalized spacial score (nSPS) is 16.6. The van der Waals surface area contributed by atoms with Crippen LogP contribution in [-0.4, -0.2) is 12.3 Å². The molecular weight excluding hydrogens is 336 g/mol. The standard InChI is InChI=1S/C23H20N2S/c1-2-25-19-13-14-20-18(15-21(26-20)16-9-5-3-6-10-16)22(19)23(24)17-11-7-4-8-12-17/h3-15H,2,24H2,1H3/b23-22-,25-19-. The van der Waals surface area contributed by atoms with Crippen LogP contribution in [0.1, 0.15) is 22.9 Å². The van der Waals surface area contributed by atoms with Gasteiger partial charge < -0.3 is 5.73 Å². The van der Waals surface area contributed by atoms with E-state index >= 15 is 0 Å². The summed E-state index contributed by atoms with van der Waals surface area (Å²) in [5.74, 6) is 0. The summed E-state index contributed by atoms with van der Waals surface area (Å²) in [7, 11) is 0. The van der Waals surface area contributed by atoms with Gasteiger partial charge >= 0.3 is 0 Å². The Kier molecular flexibility index (Phi) is 4.55. The summed E-state index contributed by atoms with van der Waals surface area (Å²) in [6.45, 7) is 2.78. The maximum atomic E-state index is 6.62. The van der Waals surface area contributed by atoms with Gasteiger partial charge in [0.2, 0.25) is 0 Å². The minimum absolute atomic E-state index is 0.732. The van der Waals surface area contributed by atoms with Crippen LogP contribution in [0.5, 0.6) is 0 Å². The van der Waals surface area contributed by atoms with Gasteiger partial charge in [-0.3, -0.25) is 4.99 Å². The molecule has 2 aromatic carbocycles. The summed E-state index contributed by atoms with van der Waals surface area (Å²) >= 11 is 1.79. The average molecular weight is 356 g/mol. The van der Waals surface area contributed by atoms with E-state index in [1.165, 1.54) is 20.9 Å². The van der Waals surface area contributed by atoms with Crippen LogP contribution in [0.4, 0.5) is 0 Å². The maximum Gasteiger partial charge on any atom is 0.0674 e. The highest BCUT2D eigenvalue weighted by Crippen LogP contribution is 2.40. The molecule has 3 heteroatoms. The van der Waals surface area contributed by atoms with Crippen molar-refractivity contribution < 1.29 is 0 Å². The van der Waals surface area contributed by atoms with Crippen molar-refractivity contribution in [1.29, 1.82) is 0 Å². The third kappa shape index (κ3) is 3.02. The molecule has 1 aliphatic carbocycles. The zero-order valence-corrected chi connectivity index (χ0v) is 15.5. The SMILES string of the molecule is CC/N=C1/C=Cc2sc(-c3ccccc3)cc2/C1=C(/N)c1ccccc1. The van der Waals surface area contributed by atoms with Crippen molar-refractivity contribution in [1.82, 2.24) is 0 Å². The minimum Gasteiger partial charge on any atom is -0.398 e. The molecule has 0 spiro atoms. The number of aliphatic imine (C=N–C) groups is 1. The van der Waals surface area contributed by atoms with E-state index < -0.39 is 0 Å². The molecule has 0 fully saturated rings. The molecule has 2 N–H and O–H groups in total. The van der Waals surface area contributed by atoms with Crippen LogP contribution >= 0.6 is 11.3 Å². The first kappa shape index (κ1) is 16.6. The fourth-order valence-corrected chi connectivity index (χ4v) is 4.27. The van der Waals surface area contributed by atoms with E-state index in [1.54, 1.807) is 11.3 Å². The average Bonchev–Trinajstić information content (AvgIpc) is 3.13. The van der Waals surface area contributed by atoms with Crippen molar-refractivity contribution in [2.45, 2.75) is 6.92 Å². The molecule has 4 rings (SSSR count). The monoisotopic (exact) mass is 356 g/mol. The van der Waals surface area contributed by atoms with Crippen molar-refractivity contribution >= 4 is 34.4 Å². The fourth-order valence-electron chi connectivity index (χ4n) is 3.19. The van der Waals surface area contributed by atoms with Crippen LogP contribution in [0.15, 0.2) is 77.8 Å². The highest BCUT2D eigenvalue weighted by atomic mass is 32.1. The lowest BCUT2D eigenvalue weighted by molar-refractivity contribution is 1.13. The first-order chi connectivity index (χ1) is 12.8. The largest absolute Gasteiger partial charge is 0.398 e. The van der Waals surface area contributed by atoms with Crippen molar-refractivity contribution in [3.05, 3.63) is 88.8 Å². The molecule has 0 amide bonds. The van der Waals surface area contributed by atoms with Crippen molar-refractivity contribution in [2.75, 3.05) is 6.54 Å². The Morgan fingerprint density at radius 1 is 0.962 bits per heavy atom. The third-order valence-corrected chi connectivity index (χ3v) is 5.57. The molecule has 0 saturated heterocycles. The summed E-state index contributed by atoms with van der Waals surface area (Å²) in [5, 5.41) is 0. The molecule has 3 aromatic rings. The molecule has 2 nitrogen and oxygen atoms in total. The molecule has 0 unspecified atom stereocenters. The van der Waals surface area contributed by atoms with Gasteiger partial charge in [0, 0.05) is 33.1 Å². The maximum absolute atomic E-state index is 6.62. The zero-order valence-electron chi connectivity index (χ0n) is 14.6. The highest BCUT2D eigenvalue weighted by Gasteiger charge is 2.22. The Hall–Kier alpha value is -2.91. The molecule has 0 radical (unpaired) electrons. The number of fused-ring (bicyclic) bond motifs is 1. The summed E-state index contributed by atoms with van der Waals surface area (Å²) in [6.07, 6.45) is 4.24. The van der Waals surface area contributed by atoms with E-state index in [4.69, 9.17) is 5.73 Å². The summed E-state index contributed by atoms with van der Waals surface area (Å²) in [6, 6.07) is 22.9. The van der Waals surface area contributed by atoms with Crippen LogP contribution < -0.4 is 5.73 Å². The van der Waals surface area contributed by atoms with Crippen LogP contribution in [0.3, 0.4) is 0 Å². The predicted molar refractivity (Wildman–Crippen MR) is 114 cm³/mol. The molecule has 1 heterocycles. The van der Waals surface area contributed by atoms with E-state index in [9.17, 15) is 0 Å². The molecule has 128 valence electrons. The molecule has 0 bridgehead atoms. The number of hydrogen-bond acceptors (Lipinski definition) is 3. The zero-order chi connectivity index (χ0) is 17.9. The molecule has 0 atom stereocenters. The minimum atomic E-state index is 0.732. The van der Waals surface area contributed by atoms with Crippen LogP contribution in [0, 0.1) is 0 Å². The Balaban J connectivity index is 1.91. The third-order valence-electron chi connectivity index (χ3n) is 4.42. The summed E-state index contributed by atoms with van der Waals surface area (Å²) in [5.41, 5.74) is 12.8. The second kappa shape index (κ2) is 7.14. The molecule has 26 heavy (non-hydrogen) atoms. The number of hydrogen-bond donors (Lipinski definition) is 1. The smallest absolute Gasteiger partial charge is 0.0674 e.